The average Bonchev–Trinajstić information content (AvgIpc) is 3.20. The highest BCUT2D eigenvalue weighted by atomic mass is 19.4. The van der Waals surface area contributed by atoms with Crippen LogP contribution in [0.15, 0.2) is 30.5 Å². The number of urea groups is 1. The number of fused-ring (bicyclic) bond motifs is 4. The number of halogens is 3. The van der Waals surface area contributed by atoms with E-state index in [9.17, 15) is 27.6 Å². The van der Waals surface area contributed by atoms with Crippen LogP contribution in [-0.4, -0.2) is 66.7 Å². The number of hydrogen-bond donors (Lipinski definition) is 3. The Bertz CT molecular complexity index is 1090. The Kier molecular flexibility index (Phi) is 5.78. The van der Waals surface area contributed by atoms with E-state index in [-0.39, 0.29) is 29.3 Å². The van der Waals surface area contributed by atoms with E-state index >= 15 is 0 Å². The molecule has 13 heteroatoms. The number of pyridine rings is 2. The topological polar surface area (TPSA) is 120 Å². The number of carbonyl (C=O) groups is 3. The van der Waals surface area contributed by atoms with Crippen molar-refractivity contribution in [2.45, 2.75) is 18.6 Å². The van der Waals surface area contributed by atoms with Gasteiger partial charge < -0.3 is 15.5 Å². The fraction of sp³-hybridized carbons (Fsp3) is 0.350. The lowest BCUT2D eigenvalue weighted by Crippen LogP contribution is -2.48. The molecule has 2 aromatic rings. The first-order valence-corrected chi connectivity index (χ1v) is 10.1. The molecule has 4 heterocycles. The first-order chi connectivity index (χ1) is 15.7. The molecule has 1 atom stereocenters. The van der Waals surface area contributed by atoms with Crippen molar-refractivity contribution in [3.63, 3.8) is 0 Å². The predicted molar refractivity (Wildman–Crippen MR) is 112 cm³/mol. The Morgan fingerprint density at radius 1 is 1.15 bits per heavy atom. The summed E-state index contributed by atoms with van der Waals surface area (Å²) in [6.45, 7) is -0.256. The zero-order valence-corrected chi connectivity index (χ0v) is 17.4. The summed E-state index contributed by atoms with van der Waals surface area (Å²) in [5.41, 5.74) is 0.696. The molecule has 33 heavy (non-hydrogen) atoms. The molecule has 2 aliphatic heterocycles. The van der Waals surface area contributed by atoms with E-state index in [0.29, 0.717) is 30.8 Å². The van der Waals surface area contributed by atoms with Gasteiger partial charge in [-0.3, -0.25) is 19.8 Å². The maximum absolute atomic E-state index is 13.1. The Morgan fingerprint density at radius 3 is 2.61 bits per heavy atom. The second-order valence-electron chi connectivity index (χ2n) is 7.54. The van der Waals surface area contributed by atoms with Gasteiger partial charge in [-0.15, -0.1) is 0 Å². The van der Waals surface area contributed by atoms with Gasteiger partial charge in [-0.2, -0.15) is 13.2 Å². The highest BCUT2D eigenvalue weighted by Crippen LogP contribution is 2.39. The molecule has 10 nitrogen and oxygen atoms in total. The van der Waals surface area contributed by atoms with E-state index in [1.807, 2.05) is 4.90 Å². The molecule has 4 amide bonds. The van der Waals surface area contributed by atoms with Crippen LogP contribution < -0.4 is 25.8 Å². The molecular weight excluding hydrogens is 443 g/mol. The van der Waals surface area contributed by atoms with Crippen molar-refractivity contribution in [2.75, 3.05) is 41.8 Å². The quantitative estimate of drug-likeness (QED) is 0.636. The van der Waals surface area contributed by atoms with E-state index in [4.69, 9.17) is 0 Å². The van der Waals surface area contributed by atoms with Crippen molar-refractivity contribution in [1.82, 2.24) is 20.6 Å². The molecule has 4 rings (SSSR count). The fourth-order valence-corrected chi connectivity index (χ4v) is 3.79. The molecule has 0 aliphatic carbocycles. The number of carbonyl (C=O) groups excluding carboxylic acids is 3. The van der Waals surface area contributed by atoms with Crippen LogP contribution in [0, 0.1) is 0 Å². The summed E-state index contributed by atoms with van der Waals surface area (Å²) in [5.74, 6) is -0.927. The van der Waals surface area contributed by atoms with E-state index in [1.54, 1.807) is 11.4 Å². The number of rotatable bonds is 4. The minimum atomic E-state index is -4.55. The highest BCUT2D eigenvalue weighted by molar-refractivity contribution is 6.05. The molecule has 0 radical (unpaired) electrons. The molecular formula is C20H20F3N7O3. The molecule has 0 aromatic carbocycles. The van der Waals surface area contributed by atoms with Crippen LogP contribution in [0.25, 0.3) is 0 Å². The van der Waals surface area contributed by atoms with E-state index < -0.39 is 24.7 Å². The van der Waals surface area contributed by atoms with Crippen LogP contribution in [0.2, 0.25) is 0 Å². The second kappa shape index (κ2) is 8.56. The van der Waals surface area contributed by atoms with Crippen molar-refractivity contribution in [3.05, 3.63) is 41.7 Å². The lowest BCUT2D eigenvalue weighted by Gasteiger charge is -2.35. The minimum Gasteiger partial charge on any atom is -0.366 e. The number of nitrogens with one attached hydrogen (secondary N) is 3. The van der Waals surface area contributed by atoms with Gasteiger partial charge in [0.2, 0.25) is 0 Å². The van der Waals surface area contributed by atoms with Gasteiger partial charge in [-0.05, 0) is 30.7 Å². The van der Waals surface area contributed by atoms with E-state index in [0.717, 1.165) is 0 Å². The van der Waals surface area contributed by atoms with Gasteiger partial charge in [-0.1, -0.05) is 0 Å². The molecule has 3 N–H and O–H groups in total. The van der Waals surface area contributed by atoms with Crippen LogP contribution >= 0.6 is 0 Å². The Labute approximate surface area is 186 Å². The Morgan fingerprint density at radius 2 is 1.94 bits per heavy atom. The second-order valence-corrected chi connectivity index (χ2v) is 7.54. The Hall–Kier alpha value is -3.90. The molecule has 1 saturated heterocycles. The lowest BCUT2D eigenvalue weighted by molar-refractivity contribution is -0.123. The highest BCUT2D eigenvalue weighted by Gasteiger charge is 2.40. The summed E-state index contributed by atoms with van der Waals surface area (Å²) < 4.78 is 37.3. The largest absolute Gasteiger partial charge is 0.405 e. The third-order valence-electron chi connectivity index (χ3n) is 5.34. The molecule has 1 fully saturated rings. The standard InChI is InChI=1S/C20H20F3N7O3/c1-24-17(31)11-2-5-15(25-8-11)28-19(33)30-12-6-7-29(9-12)14-4-3-13(27-16(14)30)18(32)26-10-20(21,22)23/h2-5,8,12H,6-7,9-10H2,1H3,(H,24,31)(H,26,32)(H,25,28,33)/t12-/m0/s1. The summed E-state index contributed by atoms with van der Waals surface area (Å²) in [7, 11) is 1.49. The number of alkyl halides is 3. The van der Waals surface area contributed by atoms with Crippen LogP contribution in [0.5, 0.6) is 0 Å². The van der Waals surface area contributed by atoms with Gasteiger partial charge in [0.05, 0.1) is 17.3 Å². The average molecular weight is 463 g/mol. The minimum absolute atomic E-state index is 0.183. The smallest absolute Gasteiger partial charge is 0.366 e. The van der Waals surface area contributed by atoms with Crippen molar-refractivity contribution >= 4 is 35.2 Å². The maximum atomic E-state index is 13.1. The maximum Gasteiger partial charge on any atom is 0.405 e. The van der Waals surface area contributed by atoms with E-state index in [2.05, 4.69) is 20.6 Å². The molecule has 2 aromatic heterocycles. The van der Waals surface area contributed by atoms with Gasteiger partial charge >= 0.3 is 12.2 Å². The van der Waals surface area contributed by atoms with Crippen molar-refractivity contribution in [2.24, 2.45) is 0 Å². The van der Waals surface area contributed by atoms with E-state index in [1.165, 1.54) is 36.3 Å². The number of aromatic nitrogens is 2. The van der Waals surface area contributed by atoms with Gasteiger partial charge in [0.15, 0.2) is 5.82 Å². The van der Waals surface area contributed by atoms with Crippen molar-refractivity contribution in [3.8, 4) is 0 Å². The molecule has 0 spiro atoms. The zero-order valence-electron chi connectivity index (χ0n) is 17.4. The normalized spacial score (nSPS) is 16.8. The molecule has 174 valence electrons. The SMILES string of the molecule is CNC(=O)c1ccc(NC(=O)N2c3nc(C(=O)NCC(F)(F)F)ccc3N3CC[C@H]2C3)nc1. The number of anilines is 3. The summed E-state index contributed by atoms with van der Waals surface area (Å²) in [6.07, 6.45) is -2.58. The number of amides is 4. The summed E-state index contributed by atoms with van der Waals surface area (Å²) >= 11 is 0. The molecule has 2 aliphatic rings. The lowest BCUT2D eigenvalue weighted by atomic mass is 10.1. The monoisotopic (exact) mass is 463 g/mol. The Balaban J connectivity index is 1.57. The first kappa shape index (κ1) is 22.3. The third kappa shape index (κ3) is 4.66. The van der Waals surface area contributed by atoms with Crippen LogP contribution in [0.4, 0.5) is 35.3 Å². The summed E-state index contributed by atoms with van der Waals surface area (Å²) in [4.78, 5) is 48.6. The number of nitrogens with zero attached hydrogens (tertiary/aromatic N) is 4. The van der Waals surface area contributed by atoms with Gasteiger partial charge in [0.25, 0.3) is 11.8 Å². The van der Waals surface area contributed by atoms with Crippen LogP contribution in [0.1, 0.15) is 27.3 Å². The van der Waals surface area contributed by atoms with Crippen molar-refractivity contribution in [1.29, 1.82) is 0 Å². The van der Waals surface area contributed by atoms with Crippen LogP contribution in [-0.2, 0) is 0 Å². The molecule has 2 bridgehead atoms. The van der Waals surface area contributed by atoms with Gasteiger partial charge in [0, 0.05) is 26.3 Å². The number of hydrogen-bond acceptors (Lipinski definition) is 6. The fourth-order valence-electron chi connectivity index (χ4n) is 3.79. The van der Waals surface area contributed by atoms with Gasteiger partial charge in [0.1, 0.15) is 18.1 Å². The molecule has 0 unspecified atom stereocenters. The third-order valence-corrected chi connectivity index (χ3v) is 5.34. The van der Waals surface area contributed by atoms with Crippen molar-refractivity contribution < 1.29 is 27.6 Å². The zero-order chi connectivity index (χ0) is 23.8. The first-order valence-electron chi connectivity index (χ1n) is 10.1. The predicted octanol–water partition coefficient (Wildman–Crippen LogP) is 1.76. The molecule has 0 saturated carbocycles. The van der Waals surface area contributed by atoms with Gasteiger partial charge in [-0.25, -0.2) is 14.8 Å². The summed E-state index contributed by atoms with van der Waals surface area (Å²) in [6, 6.07) is 5.10. The summed E-state index contributed by atoms with van der Waals surface area (Å²) in [5, 5.41) is 6.91. The van der Waals surface area contributed by atoms with Crippen LogP contribution in [0.3, 0.4) is 0 Å².